The zero-order chi connectivity index (χ0) is 36.4. The van der Waals surface area contributed by atoms with E-state index in [1.165, 1.54) is 25.3 Å². The third-order valence-corrected chi connectivity index (χ3v) is 7.48. The van der Waals surface area contributed by atoms with Crippen LogP contribution in [0.1, 0.15) is 92.9 Å². The van der Waals surface area contributed by atoms with Crippen molar-refractivity contribution in [3.05, 3.63) is 99.6 Å². The summed E-state index contributed by atoms with van der Waals surface area (Å²) in [6.45, 7) is 11.2. The summed E-state index contributed by atoms with van der Waals surface area (Å²) in [5.41, 5.74) is 2.92. The monoisotopic (exact) mass is 689 g/mol. The van der Waals surface area contributed by atoms with E-state index in [0.29, 0.717) is 16.3 Å². The summed E-state index contributed by atoms with van der Waals surface area (Å²) in [5, 5.41) is 23.4. The van der Waals surface area contributed by atoms with Gasteiger partial charge in [-0.25, -0.2) is 9.59 Å². The first-order valence-electron chi connectivity index (χ1n) is 15.9. The molecular formula is C36H47ClF3N5O3. The Labute approximate surface area is 287 Å². The molecule has 0 spiro atoms. The van der Waals surface area contributed by atoms with Gasteiger partial charge in [0.05, 0.1) is 31.4 Å². The van der Waals surface area contributed by atoms with Gasteiger partial charge in [-0.2, -0.15) is 13.2 Å². The number of rotatable bonds is 12. The fraction of sp³-hybridized carbons (Fsp3) is 0.389. The number of carbonyl (C=O) groups is 2. The molecule has 0 bridgehead atoms. The summed E-state index contributed by atoms with van der Waals surface area (Å²) in [4.78, 5) is 26.0. The number of anilines is 1. The van der Waals surface area contributed by atoms with E-state index < -0.39 is 37.0 Å². The minimum absolute atomic E-state index is 0.0865. The van der Waals surface area contributed by atoms with E-state index >= 15 is 0 Å². The molecule has 8 nitrogen and oxygen atoms in total. The molecular weight excluding hydrogens is 643 g/mol. The Hall–Kier alpha value is -4.38. The van der Waals surface area contributed by atoms with Crippen LogP contribution in [0.5, 0.6) is 0 Å². The largest absolute Gasteiger partial charge is 0.465 e. The number of benzene rings is 3. The van der Waals surface area contributed by atoms with Crippen molar-refractivity contribution in [2.75, 3.05) is 25.5 Å². The summed E-state index contributed by atoms with van der Waals surface area (Å²) < 4.78 is 44.2. The van der Waals surface area contributed by atoms with Gasteiger partial charge in [-0.05, 0) is 41.7 Å². The van der Waals surface area contributed by atoms with Crippen molar-refractivity contribution < 1.29 is 27.5 Å². The maximum Gasteiger partial charge on any atom is 0.390 e. The highest BCUT2D eigenvalue weighted by molar-refractivity contribution is 6.31. The van der Waals surface area contributed by atoms with E-state index in [2.05, 4.69) is 10.6 Å². The van der Waals surface area contributed by atoms with Crippen LogP contribution in [0, 0.1) is 10.8 Å². The molecule has 0 aliphatic heterocycles. The smallest absolute Gasteiger partial charge is 0.390 e. The Kier molecular flexibility index (Phi) is 18.0. The number of esters is 1. The standard InChI is InChI=1S/C32H35ClF3N5O3.2C2H6/c1-4-20(2)21-9-11-22(12-10-21)29(38)41(16-15-32(34,35)36)31(43)40-19-27(37)25-14-13-23(30(42)44-3)17-28(25)39-18-24-7-5-6-8-26(24)33;2*1-2/h5-14,17,20,37-39H,4,15-16,18-19H2,1-3H3,(H,40,43);2*1-2H3. The van der Waals surface area contributed by atoms with Gasteiger partial charge >= 0.3 is 18.2 Å². The minimum atomic E-state index is -4.55. The SMILES string of the molecule is CC.CC.CCC(C)c1ccc(C(=N)N(CCC(F)(F)F)C(=O)NCC(=N)c2ccc(C(=O)OC)cc2NCc2ccccc2Cl)cc1. The number of methoxy groups -OCH3 is 1. The summed E-state index contributed by atoms with van der Waals surface area (Å²) in [7, 11) is 1.24. The van der Waals surface area contributed by atoms with Crippen LogP contribution in [-0.4, -0.2) is 54.8 Å². The van der Waals surface area contributed by atoms with Gasteiger partial charge in [-0.15, -0.1) is 0 Å². The predicted molar refractivity (Wildman–Crippen MR) is 189 cm³/mol. The predicted octanol–water partition coefficient (Wildman–Crippen LogP) is 9.66. The van der Waals surface area contributed by atoms with Crippen LogP contribution in [0.3, 0.4) is 0 Å². The third kappa shape index (κ3) is 12.7. The van der Waals surface area contributed by atoms with Gasteiger partial charge in [-0.1, -0.05) is 102 Å². The van der Waals surface area contributed by atoms with Crippen molar-refractivity contribution >= 4 is 40.8 Å². The van der Waals surface area contributed by atoms with E-state index in [0.717, 1.165) is 22.4 Å². The van der Waals surface area contributed by atoms with Crippen LogP contribution in [-0.2, 0) is 11.3 Å². The van der Waals surface area contributed by atoms with Gasteiger partial charge in [0, 0.05) is 34.9 Å². The van der Waals surface area contributed by atoms with Gasteiger partial charge in [0.2, 0.25) is 0 Å². The normalized spacial score (nSPS) is 11.1. The fourth-order valence-corrected chi connectivity index (χ4v) is 4.50. The molecule has 3 rings (SSSR count). The minimum Gasteiger partial charge on any atom is -0.465 e. The Balaban J connectivity index is 0.00000277. The molecule has 2 amide bonds. The van der Waals surface area contributed by atoms with Crippen LogP contribution in [0.4, 0.5) is 23.7 Å². The number of nitrogens with zero attached hydrogens (tertiary/aromatic N) is 1. The third-order valence-electron chi connectivity index (χ3n) is 7.11. The second-order valence-electron chi connectivity index (χ2n) is 10.1. The maximum absolute atomic E-state index is 13.2. The number of carbonyl (C=O) groups excluding carboxylic acids is 2. The number of urea groups is 1. The summed E-state index contributed by atoms with van der Waals surface area (Å²) >= 11 is 6.27. The molecule has 48 heavy (non-hydrogen) atoms. The van der Waals surface area contributed by atoms with Gasteiger partial charge in [-0.3, -0.25) is 10.3 Å². The number of hydrogen-bond acceptors (Lipinski definition) is 6. The lowest BCUT2D eigenvalue weighted by molar-refractivity contribution is -0.135. The Morgan fingerprint density at radius 2 is 1.56 bits per heavy atom. The van der Waals surface area contributed by atoms with E-state index in [4.69, 9.17) is 27.2 Å². The average molecular weight is 690 g/mol. The van der Waals surface area contributed by atoms with Crippen LogP contribution < -0.4 is 10.6 Å². The molecule has 0 radical (unpaired) electrons. The average Bonchev–Trinajstić information content (AvgIpc) is 3.10. The first-order chi connectivity index (χ1) is 22.8. The Bertz CT molecular complexity index is 1500. The molecule has 0 saturated heterocycles. The summed E-state index contributed by atoms with van der Waals surface area (Å²) in [6.07, 6.45) is -4.96. The first kappa shape index (κ1) is 41.6. The zero-order valence-corrected chi connectivity index (χ0v) is 29.4. The molecule has 1 atom stereocenters. The maximum atomic E-state index is 13.2. The van der Waals surface area contributed by atoms with E-state index in [-0.39, 0.29) is 35.8 Å². The van der Waals surface area contributed by atoms with Crippen molar-refractivity contribution in [1.29, 1.82) is 10.8 Å². The van der Waals surface area contributed by atoms with Gasteiger partial charge in [0.25, 0.3) is 0 Å². The molecule has 0 aliphatic rings. The van der Waals surface area contributed by atoms with Crippen LogP contribution in [0.25, 0.3) is 0 Å². The van der Waals surface area contributed by atoms with Crippen molar-refractivity contribution in [3.63, 3.8) is 0 Å². The lowest BCUT2D eigenvalue weighted by Gasteiger charge is -2.25. The van der Waals surface area contributed by atoms with Gasteiger partial charge in [0.1, 0.15) is 5.84 Å². The highest BCUT2D eigenvalue weighted by Gasteiger charge is 2.31. The molecule has 4 N–H and O–H groups in total. The second-order valence-corrected chi connectivity index (χ2v) is 10.5. The van der Waals surface area contributed by atoms with Gasteiger partial charge in [0.15, 0.2) is 0 Å². The van der Waals surface area contributed by atoms with Crippen molar-refractivity contribution in [3.8, 4) is 0 Å². The molecule has 12 heteroatoms. The molecule has 0 aliphatic carbocycles. The zero-order valence-electron chi connectivity index (χ0n) is 28.6. The molecule has 0 heterocycles. The van der Waals surface area contributed by atoms with Crippen LogP contribution in [0.15, 0.2) is 66.7 Å². The van der Waals surface area contributed by atoms with Crippen LogP contribution in [0.2, 0.25) is 5.02 Å². The quantitative estimate of drug-likeness (QED) is 0.0860. The number of amidine groups is 1. The first-order valence-corrected chi connectivity index (χ1v) is 16.3. The molecule has 0 saturated carbocycles. The van der Waals surface area contributed by atoms with Crippen LogP contribution >= 0.6 is 11.6 Å². The molecule has 3 aromatic rings. The topological polar surface area (TPSA) is 118 Å². The number of halogens is 4. The number of hydrogen-bond donors (Lipinski definition) is 4. The summed E-state index contributed by atoms with van der Waals surface area (Å²) in [6, 6.07) is 17.5. The van der Waals surface area contributed by atoms with Crippen molar-refractivity contribution in [2.24, 2.45) is 0 Å². The van der Waals surface area contributed by atoms with Crippen molar-refractivity contribution in [1.82, 2.24) is 10.2 Å². The Morgan fingerprint density at radius 3 is 2.12 bits per heavy atom. The number of nitrogens with one attached hydrogen (secondary N) is 4. The van der Waals surface area contributed by atoms with E-state index in [9.17, 15) is 22.8 Å². The lowest BCUT2D eigenvalue weighted by atomic mass is 9.97. The fourth-order valence-electron chi connectivity index (χ4n) is 4.30. The molecule has 3 aromatic carbocycles. The molecule has 0 aromatic heterocycles. The van der Waals surface area contributed by atoms with Crippen molar-refractivity contribution in [2.45, 2.75) is 73.0 Å². The Morgan fingerprint density at radius 1 is 0.958 bits per heavy atom. The number of alkyl halides is 3. The molecule has 0 fully saturated rings. The highest BCUT2D eigenvalue weighted by atomic mass is 35.5. The number of amides is 2. The molecule has 262 valence electrons. The summed E-state index contributed by atoms with van der Waals surface area (Å²) in [5.74, 6) is -0.716. The van der Waals surface area contributed by atoms with E-state index in [1.807, 2.05) is 53.7 Å². The highest BCUT2D eigenvalue weighted by Crippen LogP contribution is 2.24. The van der Waals surface area contributed by atoms with Gasteiger partial charge < -0.3 is 20.8 Å². The van der Waals surface area contributed by atoms with E-state index in [1.54, 1.807) is 36.4 Å². The lowest BCUT2D eigenvalue weighted by Crippen LogP contribution is -2.46. The second kappa shape index (κ2) is 20.8. The molecule has 1 unspecified atom stereocenters. The number of ether oxygens (including phenoxy) is 1.